The van der Waals surface area contributed by atoms with Crippen LogP contribution in [0.15, 0.2) is 23.1 Å². The van der Waals surface area contributed by atoms with Crippen molar-refractivity contribution in [3.05, 3.63) is 23.8 Å². The minimum atomic E-state index is -3.70. The molecule has 3 N–H and O–H groups in total. The minimum Gasteiger partial charge on any atom is -0.359 e. The summed E-state index contributed by atoms with van der Waals surface area (Å²) >= 11 is 0. The summed E-state index contributed by atoms with van der Waals surface area (Å²) in [6.45, 7) is 6.39. The molecule has 2 atom stereocenters. The molecule has 0 bridgehead atoms. The second-order valence-electron chi connectivity index (χ2n) is 6.27. The van der Waals surface area contributed by atoms with Gasteiger partial charge in [-0.05, 0) is 50.5 Å². The molecule has 0 aromatic heterocycles. The Labute approximate surface area is 138 Å². The fraction of sp³-hybridized carbons (Fsp3) is 0.562. The van der Waals surface area contributed by atoms with Gasteiger partial charge in [0.1, 0.15) is 0 Å². The zero-order valence-electron chi connectivity index (χ0n) is 13.9. The zero-order chi connectivity index (χ0) is 17.2. The molecule has 0 aliphatic carbocycles. The van der Waals surface area contributed by atoms with E-state index in [1.165, 1.54) is 6.07 Å². The zero-order valence-corrected chi connectivity index (χ0v) is 14.7. The Bertz CT molecular complexity index is 688. The molecule has 1 aromatic carbocycles. The third kappa shape index (κ3) is 4.23. The summed E-state index contributed by atoms with van der Waals surface area (Å²) in [4.78, 5) is 14.3. The van der Waals surface area contributed by atoms with Crippen molar-refractivity contribution in [1.29, 1.82) is 0 Å². The molecule has 128 valence electrons. The summed E-state index contributed by atoms with van der Waals surface area (Å²) in [5.74, 6) is -0.0128. The number of sulfonamides is 1. The number of benzene rings is 1. The quantitative estimate of drug-likeness (QED) is 0.819. The molecule has 1 amide bonds. The molecule has 7 heteroatoms. The van der Waals surface area contributed by atoms with Crippen molar-refractivity contribution >= 4 is 21.6 Å². The van der Waals surface area contributed by atoms with Crippen LogP contribution in [0.1, 0.15) is 39.2 Å². The molecule has 0 radical (unpaired) electrons. The van der Waals surface area contributed by atoms with Crippen LogP contribution in [0, 0.1) is 0 Å². The van der Waals surface area contributed by atoms with E-state index in [1.807, 2.05) is 18.7 Å². The lowest BCUT2D eigenvalue weighted by atomic mass is 10.1. The van der Waals surface area contributed by atoms with E-state index in [0.717, 1.165) is 24.1 Å². The molecule has 1 heterocycles. The lowest BCUT2D eigenvalue weighted by Crippen LogP contribution is -2.43. The molecule has 23 heavy (non-hydrogen) atoms. The average molecular weight is 339 g/mol. The van der Waals surface area contributed by atoms with Crippen molar-refractivity contribution in [3.8, 4) is 0 Å². The molecule has 6 nitrogen and oxygen atoms in total. The van der Waals surface area contributed by atoms with Crippen LogP contribution in [0.3, 0.4) is 0 Å². The fourth-order valence-electron chi connectivity index (χ4n) is 3.07. The largest absolute Gasteiger partial charge is 0.359 e. The van der Waals surface area contributed by atoms with Gasteiger partial charge in [0, 0.05) is 17.8 Å². The highest BCUT2D eigenvalue weighted by Crippen LogP contribution is 2.33. The number of anilines is 1. The summed E-state index contributed by atoms with van der Waals surface area (Å²) in [5, 5.41) is 8.18. The van der Waals surface area contributed by atoms with E-state index >= 15 is 0 Å². The molecule has 1 aliphatic rings. The SMILES string of the molecule is CCC[C@@H](C)NC(=O)CN1c2ccc(S(N)(=O)=O)cc2C[C@@H]1C. The number of fused-ring (bicyclic) bond motifs is 1. The van der Waals surface area contributed by atoms with E-state index in [2.05, 4.69) is 12.2 Å². The maximum atomic E-state index is 12.2. The number of hydrogen-bond donors (Lipinski definition) is 2. The van der Waals surface area contributed by atoms with Crippen molar-refractivity contribution in [1.82, 2.24) is 5.32 Å². The maximum absolute atomic E-state index is 12.2. The Morgan fingerprint density at radius 1 is 1.48 bits per heavy atom. The van der Waals surface area contributed by atoms with E-state index in [-0.39, 0.29) is 29.4 Å². The van der Waals surface area contributed by atoms with Crippen LogP contribution in [-0.4, -0.2) is 33.0 Å². The number of nitrogens with two attached hydrogens (primary N) is 1. The topological polar surface area (TPSA) is 92.5 Å². The number of rotatable bonds is 6. The summed E-state index contributed by atoms with van der Waals surface area (Å²) < 4.78 is 22.9. The normalized spacial score (nSPS) is 18.6. The van der Waals surface area contributed by atoms with Gasteiger partial charge in [-0.1, -0.05) is 13.3 Å². The number of carbonyl (C=O) groups excluding carboxylic acids is 1. The van der Waals surface area contributed by atoms with Crippen LogP contribution in [0.5, 0.6) is 0 Å². The highest BCUT2D eigenvalue weighted by atomic mass is 32.2. The third-order valence-electron chi connectivity index (χ3n) is 4.18. The van der Waals surface area contributed by atoms with Crippen molar-refractivity contribution < 1.29 is 13.2 Å². The van der Waals surface area contributed by atoms with Crippen molar-refractivity contribution in [2.45, 2.75) is 57.0 Å². The van der Waals surface area contributed by atoms with E-state index in [0.29, 0.717) is 6.42 Å². The number of primary sulfonamides is 1. The first-order valence-corrected chi connectivity index (χ1v) is 9.48. The molecule has 0 spiro atoms. The van der Waals surface area contributed by atoms with Gasteiger partial charge < -0.3 is 10.2 Å². The highest BCUT2D eigenvalue weighted by molar-refractivity contribution is 7.89. The van der Waals surface area contributed by atoms with Gasteiger partial charge in [0.15, 0.2) is 0 Å². The number of nitrogens with zero attached hydrogens (tertiary/aromatic N) is 1. The van der Waals surface area contributed by atoms with Crippen LogP contribution in [0.4, 0.5) is 5.69 Å². The second-order valence-corrected chi connectivity index (χ2v) is 7.84. The highest BCUT2D eigenvalue weighted by Gasteiger charge is 2.28. The van der Waals surface area contributed by atoms with E-state index in [9.17, 15) is 13.2 Å². The van der Waals surface area contributed by atoms with Crippen LogP contribution in [0.25, 0.3) is 0 Å². The summed E-state index contributed by atoms with van der Waals surface area (Å²) in [6.07, 6.45) is 2.69. The van der Waals surface area contributed by atoms with Gasteiger partial charge in [-0.25, -0.2) is 13.6 Å². The van der Waals surface area contributed by atoms with Crippen LogP contribution in [0.2, 0.25) is 0 Å². The number of amides is 1. The fourth-order valence-corrected chi connectivity index (χ4v) is 3.63. The van der Waals surface area contributed by atoms with E-state index in [1.54, 1.807) is 12.1 Å². The Morgan fingerprint density at radius 3 is 2.78 bits per heavy atom. The predicted molar refractivity (Wildman–Crippen MR) is 90.8 cm³/mol. The number of carbonyl (C=O) groups is 1. The van der Waals surface area contributed by atoms with Crippen LogP contribution in [-0.2, 0) is 21.2 Å². The Kier molecular flexibility index (Phi) is 5.31. The molecular formula is C16H25N3O3S. The summed E-state index contributed by atoms with van der Waals surface area (Å²) in [7, 11) is -3.70. The minimum absolute atomic E-state index is 0.0128. The van der Waals surface area contributed by atoms with E-state index < -0.39 is 10.0 Å². The van der Waals surface area contributed by atoms with Gasteiger partial charge in [0.25, 0.3) is 0 Å². The first-order chi connectivity index (χ1) is 10.7. The van der Waals surface area contributed by atoms with Crippen LogP contribution >= 0.6 is 0 Å². The van der Waals surface area contributed by atoms with Gasteiger partial charge in [-0.3, -0.25) is 4.79 Å². The Morgan fingerprint density at radius 2 is 2.17 bits per heavy atom. The summed E-state index contributed by atoms with van der Waals surface area (Å²) in [6, 6.07) is 5.15. The smallest absolute Gasteiger partial charge is 0.239 e. The third-order valence-corrected chi connectivity index (χ3v) is 5.09. The molecule has 0 saturated heterocycles. The molecule has 0 unspecified atom stereocenters. The molecule has 1 aromatic rings. The van der Waals surface area contributed by atoms with Crippen LogP contribution < -0.4 is 15.4 Å². The predicted octanol–water partition coefficient (Wildman–Crippen LogP) is 1.39. The van der Waals surface area contributed by atoms with Crippen molar-refractivity contribution in [2.75, 3.05) is 11.4 Å². The molecule has 0 fully saturated rings. The van der Waals surface area contributed by atoms with Gasteiger partial charge in [-0.2, -0.15) is 0 Å². The van der Waals surface area contributed by atoms with Gasteiger partial charge in [0.05, 0.1) is 11.4 Å². The average Bonchev–Trinajstić information content (AvgIpc) is 2.73. The first-order valence-electron chi connectivity index (χ1n) is 7.94. The number of hydrogen-bond acceptors (Lipinski definition) is 4. The number of nitrogens with one attached hydrogen (secondary N) is 1. The van der Waals surface area contributed by atoms with Gasteiger partial charge in [0.2, 0.25) is 15.9 Å². The maximum Gasteiger partial charge on any atom is 0.239 e. The lowest BCUT2D eigenvalue weighted by molar-refractivity contribution is -0.120. The van der Waals surface area contributed by atoms with Gasteiger partial charge >= 0.3 is 0 Å². The molecule has 0 saturated carbocycles. The Balaban J connectivity index is 2.13. The first kappa shape index (κ1) is 17.7. The monoisotopic (exact) mass is 339 g/mol. The lowest BCUT2D eigenvalue weighted by Gasteiger charge is -2.25. The molecule has 2 rings (SSSR count). The molecule has 1 aliphatic heterocycles. The Hall–Kier alpha value is -1.60. The van der Waals surface area contributed by atoms with Gasteiger partial charge in [-0.15, -0.1) is 0 Å². The van der Waals surface area contributed by atoms with Crippen molar-refractivity contribution in [3.63, 3.8) is 0 Å². The summed E-state index contributed by atoms with van der Waals surface area (Å²) in [5.41, 5.74) is 1.82. The molecular weight excluding hydrogens is 314 g/mol. The van der Waals surface area contributed by atoms with Crippen molar-refractivity contribution in [2.24, 2.45) is 5.14 Å². The standard InChI is InChI=1S/C16H25N3O3S/c1-4-5-11(2)18-16(20)10-19-12(3)8-13-9-14(23(17,21)22)6-7-15(13)19/h6-7,9,11-12H,4-5,8,10H2,1-3H3,(H,18,20)(H2,17,21,22)/t11-,12+/m1/s1. The van der Waals surface area contributed by atoms with E-state index in [4.69, 9.17) is 5.14 Å². The second kappa shape index (κ2) is 6.88.